The fraction of sp³-hybridized carbons (Fsp3) is 0.500. The minimum atomic E-state index is -0.0825. The molecule has 1 amide bonds. The van der Waals surface area contributed by atoms with Crippen LogP contribution in [0.5, 0.6) is 0 Å². The van der Waals surface area contributed by atoms with E-state index in [2.05, 4.69) is 11.6 Å². The first-order valence-corrected chi connectivity index (χ1v) is 8.15. The molecule has 1 saturated carbocycles. The number of benzene rings is 1. The van der Waals surface area contributed by atoms with Gasteiger partial charge in [-0.25, -0.2) is 0 Å². The van der Waals surface area contributed by atoms with E-state index in [4.69, 9.17) is 17.3 Å². The molecule has 1 fully saturated rings. The molecule has 2 rings (SSSR count). The molecule has 5 heteroatoms. The molecular weight excluding hydrogens is 280 g/mol. The van der Waals surface area contributed by atoms with Crippen molar-refractivity contribution in [3.63, 3.8) is 0 Å². The Morgan fingerprint density at radius 1 is 1.42 bits per heavy atom. The molecule has 0 saturated heterocycles. The van der Waals surface area contributed by atoms with Gasteiger partial charge >= 0.3 is 0 Å². The Kier molecular flexibility index (Phi) is 4.99. The number of carbonyl (C=O) groups is 1. The molecule has 1 aliphatic rings. The summed E-state index contributed by atoms with van der Waals surface area (Å²) in [5, 5.41) is 4.24. The summed E-state index contributed by atoms with van der Waals surface area (Å²) < 4.78 is 0. The second-order valence-electron chi connectivity index (χ2n) is 4.97. The summed E-state index contributed by atoms with van der Waals surface area (Å²) >= 11 is 7.80. The zero-order valence-corrected chi connectivity index (χ0v) is 12.6. The van der Waals surface area contributed by atoms with Crippen molar-refractivity contribution in [2.24, 2.45) is 0 Å². The molecule has 0 spiro atoms. The molecule has 3 nitrogen and oxygen atoms in total. The molecule has 19 heavy (non-hydrogen) atoms. The highest BCUT2D eigenvalue weighted by Crippen LogP contribution is 2.27. The molecule has 1 aromatic rings. The highest BCUT2D eigenvalue weighted by molar-refractivity contribution is 7.99. The number of nitrogens with one attached hydrogen (secondary N) is 1. The highest BCUT2D eigenvalue weighted by Gasteiger charge is 2.23. The van der Waals surface area contributed by atoms with Gasteiger partial charge in [-0.2, -0.15) is 11.8 Å². The molecule has 2 unspecified atom stereocenters. The van der Waals surface area contributed by atoms with Crippen LogP contribution in [0.25, 0.3) is 0 Å². The Balaban J connectivity index is 2.00. The van der Waals surface area contributed by atoms with E-state index in [0.717, 1.165) is 12.8 Å². The second-order valence-corrected chi connectivity index (χ2v) is 6.54. The van der Waals surface area contributed by atoms with Crippen LogP contribution in [0, 0.1) is 0 Å². The normalized spacial score (nSPS) is 23.1. The van der Waals surface area contributed by atoms with Gasteiger partial charge in [-0.1, -0.05) is 18.0 Å². The van der Waals surface area contributed by atoms with Crippen LogP contribution in [-0.2, 0) is 0 Å². The number of thioether (sulfide) groups is 1. The molecule has 0 radical (unpaired) electrons. The van der Waals surface area contributed by atoms with Crippen LogP contribution in [0.3, 0.4) is 0 Å². The Morgan fingerprint density at radius 2 is 2.21 bits per heavy atom. The number of hydrogen-bond donors (Lipinski definition) is 2. The van der Waals surface area contributed by atoms with Gasteiger partial charge in [0.25, 0.3) is 5.91 Å². The number of carbonyl (C=O) groups excluding carboxylic acids is 1. The van der Waals surface area contributed by atoms with Gasteiger partial charge in [0.05, 0.1) is 0 Å². The maximum absolute atomic E-state index is 12.2. The Labute approximate surface area is 123 Å². The Bertz CT molecular complexity index is 447. The highest BCUT2D eigenvalue weighted by atomic mass is 35.5. The summed E-state index contributed by atoms with van der Waals surface area (Å²) in [4.78, 5) is 12.2. The third kappa shape index (κ3) is 4.05. The van der Waals surface area contributed by atoms with E-state index in [9.17, 15) is 4.79 Å². The quantitative estimate of drug-likeness (QED) is 0.842. The lowest BCUT2D eigenvalue weighted by Crippen LogP contribution is -2.39. The van der Waals surface area contributed by atoms with Gasteiger partial charge in [-0.3, -0.25) is 4.79 Å². The summed E-state index contributed by atoms with van der Waals surface area (Å²) in [5.41, 5.74) is 6.76. The number of amides is 1. The van der Waals surface area contributed by atoms with E-state index in [1.165, 1.54) is 12.8 Å². The lowest BCUT2D eigenvalue weighted by Gasteiger charge is -2.28. The number of nitrogens with two attached hydrogens (primary N) is 1. The molecule has 0 aliphatic heterocycles. The van der Waals surface area contributed by atoms with Gasteiger partial charge in [-0.15, -0.1) is 0 Å². The third-order valence-corrected chi connectivity index (χ3v) is 4.79. The zero-order valence-electron chi connectivity index (χ0n) is 11.0. The number of halogens is 1. The minimum absolute atomic E-state index is 0.0825. The van der Waals surface area contributed by atoms with Gasteiger partial charge in [0.2, 0.25) is 0 Å². The van der Waals surface area contributed by atoms with E-state index in [0.29, 0.717) is 21.5 Å². The fourth-order valence-electron chi connectivity index (χ4n) is 2.50. The number of hydrogen-bond acceptors (Lipinski definition) is 3. The minimum Gasteiger partial charge on any atom is -0.399 e. The van der Waals surface area contributed by atoms with Gasteiger partial charge < -0.3 is 11.1 Å². The van der Waals surface area contributed by atoms with Crippen molar-refractivity contribution >= 4 is 35.0 Å². The molecule has 0 bridgehead atoms. The van der Waals surface area contributed by atoms with Crippen molar-refractivity contribution in [3.05, 3.63) is 28.8 Å². The van der Waals surface area contributed by atoms with Crippen LogP contribution >= 0.6 is 23.4 Å². The Morgan fingerprint density at radius 3 is 2.89 bits per heavy atom. The van der Waals surface area contributed by atoms with Crippen molar-refractivity contribution in [2.45, 2.75) is 37.0 Å². The van der Waals surface area contributed by atoms with Crippen molar-refractivity contribution in [2.75, 3.05) is 12.0 Å². The average molecular weight is 299 g/mol. The first kappa shape index (κ1) is 14.5. The van der Waals surface area contributed by atoms with Gasteiger partial charge in [-0.05, 0) is 43.7 Å². The monoisotopic (exact) mass is 298 g/mol. The van der Waals surface area contributed by atoms with Crippen LogP contribution in [0.4, 0.5) is 5.69 Å². The maximum Gasteiger partial charge on any atom is 0.251 e. The molecular formula is C14H19ClN2OS. The predicted molar refractivity (Wildman–Crippen MR) is 82.9 cm³/mol. The van der Waals surface area contributed by atoms with E-state index in [1.807, 2.05) is 11.8 Å². The number of rotatable bonds is 3. The first-order valence-electron chi connectivity index (χ1n) is 6.48. The van der Waals surface area contributed by atoms with E-state index < -0.39 is 0 Å². The molecule has 0 heterocycles. The van der Waals surface area contributed by atoms with Crippen molar-refractivity contribution < 1.29 is 4.79 Å². The lowest BCUT2D eigenvalue weighted by molar-refractivity contribution is 0.0928. The largest absolute Gasteiger partial charge is 0.399 e. The molecule has 3 N–H and O–H groups in total. The van der Waals surface area contributed by atoms with Gasteiger partial charge in [0, 0.05) is 27.6 Å². The molecule has 1 aromatic carbocycles. The summed E-state index contributed by atoms with van der Waals surface area (Å²) in [7, 11) is 0. The van der Waals surface area contributed by atoms with Gasteiger partial charge in [0.15, 0.2) is 0 Å². The first-order chi connectivity index (χ1) is 9.08. The van der Waals surface area contributed by atoms with Crippen LogP contribution in [0.15, 0.2) is 18.2 Å². The predicted octanol–water partition coefficient (Wildman–Crippen LogP) is 3.33. The van der Waals surface area contributed by atoms with Crippen LogP contribution in [0.2, 0.25) is 5.02 Å². The van der Waals surface area contributed by atoms with Crippen molar-refractivity contribution in [1.29, 1.82) is 0 Å². The van der Waals surface area contributed by atoms with Crippen LogP contribution in [-0.4, -0.2) is 23.5 Å². The molecule has 1 aliphatic carbocycles. The molecule has 2 atom stereocenters. The van der Waals surface area contributed by atoms with Crippen molar-refractivity contribution in [1.82, 2.24) is 5.32 Å². The summed E-state index contributed by atoms with van der Waals surface area (Å²) in [6.45, 7) is 0. The SMILES string of the molecule is CSC1CCCC(NC(=O)c2cc(N)cc(Cl)c2)C1. The third-order valence-electron chi connectivity index (χ3n) is 3.48. The van der Waals surface area contributed by atoms with Gasteiger partial charge in [0.1, 0.15) is 0 Å². The Hall–Kier alpha value is -0.870. The summed E-state index contributed by atoms with van der Waals surface area (Å²) in [5.74, 6) is -0.0825. The summed E-state index contributed by atoms with van der Waals surface area (Å²) in [6, 6.07) is 5.22. The molecule has 0 aromatic heterocycles. The van der Waals surface area contributed by atoms with Crippen LogP contribution < -0.4 is 11.1 Å². The van der Waals surface area contributed by atoms with E-state index in [1.54, 1.807) is 18.2 Å². The standard InChI is InChI=1S/C14H19ClN2OS/c1-19-13-4-2-3-12(8-13)17-14(18)9-5-10(15)7-11(16)6-9/h5-7,12-13H,2-4,8,16H2,1H3,(H,17,18). The number of anilines is 1. The summed E-state index contributed by atoms with van der Waals surface area (Å²) in [6.07, 6.45) is 6.65. The van der Waals surface area contributed by atoms with Crippen molar-refractivity contribution in [3.8, 4) is 0 Å². The second kappa shape index (κ2) is 6.53. The van der Waals surface area contributed by atoms with E-state index >= 15 is 0 Å². The molecule has 104 valence electrons. The van der Waals surface area contributed by atoms with Crippen LogP contribution in [0.1, 0.15) is 36.0 Å². The number of nitrogen functional groups attached to an aromatic ring is 1. The lowest BCUT2D eigenvalue weighted by atomic mass is 9.94. The topological polar surface area (TPSA) is 55.1 Å². The smallest absolute Gasteiger partial charge is 0.251 e. The zero-order chi connectivity index (χ0) is 13.8. The average Bonchev–Trinajstić information content (AvgIpc) is 2.37. The fourth-order valence-corrected chi connectivity index (χ4v) is 3.57. The maximum atomic E-state index is 12.2. The van der Waals surface area contributed by atoms with E-state index in [-0.39, 0.29) is 11.9 Å².